The number of carbonyl (C=O) groups excluding carboxylic acids is 2. The second kappa shape index (κ2) is 7.10. The summed E-state index contributed by atoms with van der Waals surface area (Å²) in [5.41, 5.74) is 0. The number of sulfonamides is 1. The third kappa shape index (κ3) is 3.48. The predicted molar refractivity (Wildman–Crippen MR) is 90.1 cm³/mol. The SMILES string of the molecule is COC(=O)[C@@H]1COC(=O)N1C1CCN(S(=O)(=O)c2ccc(Cl)s2)CC1. The van der Waals surface area contributed by atoms with Crippen LogP contribution < -0.4 is 0 Å². The Morgan fingerprint density at radius 2 is 2.04 bits per heavy atom. The average Bonchev–Trinajstić information content (AvgIpc) is 3.20. The van der Waals surface area contributed by atoms with Crippen LogP contribution in [0, 0.1) is 0 Å². The van der Waals surface area contributed by atoms with E-state index in [1.54, 1.807) is 6.07 Å². The maximum absolute atomic E-state index is 12.6. The Morgan fingerprint density at radius 3 is 2.60 bits per heavy atom. The van der Waals surface area contributed by atoms with Crippen LogP contribution in [0.1, 0.15) is 12.8 Å². The maximum atomic E-state index is 12.6. The van der Waals surface area contributed by atoms with E-state index in [1.165, 1.54) is 22.4 Å². The first-order valence-corrected chi connectivity index (χ1v) is 10.3. The summed E-state index contributed by atoms with van der Waals surface area (Å²) in [6, 6.07) is 1.99. The summed E-state index contributed by atoms with van der Waals surface area (Å²) < 4.78 is 36.9. The standard InChI is InChI=1S/C14H17ClN2O6S2/c1-22-13(18)10-8-23-14(19)17(10)9-4-6-16(7-5-9)25(20,21)12-3-2-11(15)24-12/h2-3,9-10H,4-8H2,1H3/t10-/m0/s1. The van der Waals surface area contributed by atoms with Gasteiger partial charge in [0.05, 0.1) is 11.4 Å². The number of esters is 1. The van der Waals surface area contributed by atoms with E-state index in [1.807, 2.05) is 0 Å². The number of methoxy groups -OCH3 is 1. The molecule has 0 aliphatic carbocycles. The van der Waals surface area contributed by atoms with Crippen molar-refractivity contribution < 1.29 is 27.5 Å². The van der Waals surface area contributed by atoms with E-state index in [4.69, 9.17) is 21.1 Å². The number of thiophene rings is 1. The number of carbonyl (C=O) groups is 2. The first-order valence-electron chi connectivity index (χ1n) is 7.63. The predicted octanol–water partition coefficient (Wildman–Crippen LogP) is 1.55. The highest BCUT2D eigenvalue weighted by atomic mass is 35.5. The number of hydrogen-bond donors (Lipinski definition) is 0. The number of rotatable bonds is 4. The topological polar surface area (TPSA) is 93.2 Å². The second-order valence-electron chi connectivity index (χ2n) is 5.72. The monoisotopic (exact) mass is 408 g/mol. The van der Waals surface area contributed by atoms with Gasteiger partial charge >= 0.3 is 12.1 Å². The average molecular weight is 409 g/mol. The molecule has 0 spiro atoms. The smallest absolute Gasteiger partial charge is 0.410 e. The van der Waals surface area contributed by atoms with Crippen LogP contribution >= 0.6 is 22.9 Å². The Hall–Kier alpha value is -1.36. The molecule has 11 heteroatoms. The highest BCUT2D eigenvalue weighted by Gasteiger charge is 2.44. The van der Waals surface area contributed by atoms with Crippen LogP contribution in [0.5, 0.6) is 0 Å². The number of piperidine rings is 1. The van der Waals surface area contributed by atoms with Crippen LogP contribution in [0.3, 0.4) is 0 Å². The number of amides is 1. The van der Waals surface area contributed by atoms with Gasteiger partial charge in [0, 0.05) is 19.1 Å². The molecular weight excluding hydrogens is 392 g/mol. The molecule has 25 heavy (non-hydrogen) atoms. The molecule has 2 aliphatic rings. The Morgan fingerprint density at radius 1 is 1.36 bits per heavy atom. The zero-order valence-electron chi connectivity index (χ0n) is 13.4. The lowest BCUT2D eigenvalue weighted by Gasteiger charge is -2.36. The molecule has 0 saturated carbocycles. The normalized spacial score (nSPS) is 22.9. The molecular formula is C14H17ClN2O6S2. The molecule has 2 fully saturated rings. The van der Waals surface area contributed by atoms with Gasteiger partial charge in [0.15, 0.2) is 6.04 Å². The molecule has 0 N–H and O–H groups in total. The minimum absolute atomic E-state index is 0.0439. The fourth-order valence-electron chi connectivity index (χ4n) is 3.08. The zero-order valence-corrected chi connectivity index (χ0v) is 15.8. The summed E-state index contributed by atoms with van der Waals surface area (Å²) >= 11 is 6.84. The molecule has 0 radical (unpaired) electrons. The van der Waals surface area contributed by atoms with Gasteiger partial charge < -0.3 is 9.47 Å². The van der Waals surface area contributed by atoms with Crippen molar-refractivity contribution >= 4 is 45.0 Å². The van der Waals surface area contributed by atoms with Crippen molar-refractivity contribution in [2.45, 2.75) is 29.1 Å². The molecule has 1 aromatic rings. The maximum Gasteiger partial charge on any atom is 0.410 e. The van der Waals surface area contributed by atoms with Crippen LogP contribution in [0.2, 0.25) is 4.34 Å². The van der Waals surface area contributed by atoms with Crippen molar-refractivity contribution in [1.29, 1.82) is 0 Å². The summed E-state index contributed by atoms with van der Waals surface area (Å²) in [6.45, 7) is 0.456. The van der Waals surface area contributed by atoms with Crippen LogP contribution in [0.25, 0.3) is 0 Å². The Bertz CT molecular complexity index is 772. The Labute approximate surface area is 154 Å². The van der Waals surface area contributed by atoms with Gasteiger partial charge in [-0.05, 0) is 25.0 Å². The van der Waals surface area contributed by atoms with Crippen LogP contribution in [-0.2, 0) is 24.3 Å². The molecule has 0 aromatic carbocycles. The van der Waals surface area contributed by atoms with Gasteiger partial charge in [-0.15, -0.1) is 11.3 Å². The van der Waals surface area contributed by atoms with Gasteiger partial charge in [-0.2, -0.15) is 4.31 Å². The van der Waals surface area contributed by atoms with Crippen molar-refractivity contribution in [2.24, 2.45) is 0 Å². The van der Waals surface area contributed by atoms with Crippen molar-refractivity contribution in [3.8, 4) is 0 Å². The van der Waals surface area contributed by atoms with E-state index < -0.39 is 28.1 Å². The molecule has 8 nitrogen and oxygen atoms in total. The molecule has 0 bridgehead atoms. The fourth-order valence-corrected chi connectivity index (χ4v) is 6.18. The third-order valence-corrected chi connectivity index (χ3v) is 7.94. The molecule has 1 aromatic heterocycles. The molecule has 0 unspecified atom stereocenters. The van der Waals surface area contributed by atoms with Crippen LogP contribution in [0.15, 0.2) is 16.3 Å². The lowest BCUT2D eigenvalue weighted by molar-refractivity contribution is -0.145. The summed E-state index contributed by atoms with van der Waals surface area (Å²) in [7, 11) is -2.34. The van der Waals surface area contributed by atoms with Gasteiger partial charge in [0.2, 0.25) is 0 Å². The highest BCUT2D eigenvalue weighted by Crippen LogP contribution is 2.31. The number of ether oxygens (including phenoxy) is 2. The fraction of sp³-hybridized carbons (Fsp3) is 0.571. The van der Waals surface area contributed by atoms with E-state index in [9.17, 15) is 18.0 Å². The largest absolute Gasteiger partial charge is 0.467 e. The lowest BCUT2D eigenvalue weighted by Crippen LogP contribution is -2.51. The van der Waals surface area contributed by atoms with Gasteiger partial charge in [-0.3, -0.25) is 4.90 Å². The molecule has 1 amide bonds. The first kappa shape index (κ1) is 18.4. The van der Waals surface area contributed by atoms with E-state index >= 15 is 0 Å². The summed E-state index contributed by atoms with van der Waals surface area (Å²) in [4.78, 5) is 25.1. The minimum Gasteiger partial charge on any atom is -0.467 e. The van der Waals surface area contributed by atoms with E-state index in [0.717, 1.165) is 11.3 Å². The van der Waals surface area contributed by atoms with E-state index in [0.29, 0.717) is 17.2 Å². The minimum atomic E-state index is -3.60. The lowest BCUT2D eigenvalue weighted by atomic mass is 10.0. The number of nitrogens with zero attached hydrogens (tertiary/aromatic N) is 2. The molecule has 2 saturated heterocycles. The molecule has 2 aliphatic heterocycles. The first-order chi connectivity index (χ1) is 11.8. The van der Waals surface area contributed by atoms with Crippen molar-refractivity contribution in [3.05, 3.63) is 16.5 Å². The molecule has 1 atom stereocenters. The quantitative estimate of drug-likeness (QED) is 0.702. The second-order valence-corrected chi connectivity index (χ2v) is 9.60. The van der Waals surface area contributed by atoms with Crippen LogP contribution in [-0.4, -0.2) is 68.6 Å². The highest BCUT2D eigenvalue weighted by molar-refractivity contribution is 7.91. The number of hydrogen-bond acceptors (Lipinski definition) is 7. The number of cyclic esters (lactones) is 1. The number of halogens is 1. The van der Waals surface area contributed by atoms with Gasteiger partial charge in [-0.1, -0.05) is 11.6 Å². The molecule has 3 heterocycles. The van der Waals surface area contributed by atoms with Crippen molar-refractivity contribution in [3.63, 3.8) is 0 Å². The molecule has 3 rings (SSSR count). The summed E-state index contributed by atoms with van der Waals surface area (Å²) in [5.74, 6) is -0.533. The van der Waals surface area contributed by atoms with Crippen molar-refractivity contribution in [1.82, 2.24) is 9.21 Å². The third-order valence-electron chi connectivity index (χ3n) is 4.34. The van der Waals surface area contributed by atoms with E-state index in [2.05, 4.69) is 0 Å². The molecule has 138 valence electrons. The zero-order chi connectivity index (χ0) is 18.2. The van der Waals surface area contributed by atoms with Gasteiger partial charge in [0.1, 0.15) is 10.8 Å². The van der Waals surface area contributed by atoms with Crippen LogP contribution in [0.4, 0.5) is 4.79 Å². The Kier molecular flexibility index (Phi) is 5.24. The summed E-state index contributed by atoms with van der Waals surface area (Å²) in [5, 5.41) is 0. The van der Waals surface area contributed by atoms with Crippen molar-refractivity contribution in [2.75, 3.05) is 26.8 Å². The van der Waals surface area contributed by atoms with Gasteiger partial charge in [0.25, 0.3) is 10.0 Å². The Balaban J connectivity index is 1.69. The van der Waals surface area contributed by atoms with E-state index in [-0.39, 0.29) is 29.9 Å². The van der Waals surface area contributed by atoms with Gasteiger partial charge in [-0.25, -0.2) is 18.0 Å². The summed E-state index contributed by atoms with van der Waals surface area (Å²) in [6.07, 6.45) is 0.267.